The van der Waals surface area contributed by atoms with E-state index in [2.05, 4.69) is 6.92 Å². The SMILES string of the molecule is CC1CCCC(O)(Cc2ccc(O)cc2)C1. The molecule has 2 nitrogen and oxygen atoms in total. The van der Waals surface area contributed by atoms with E-state index in [1.165, 1.54) is 6.42 Å². The molecule has 2 rings (SSSR count). The van der Waals surface area contributed by atoms with Crippen molar-refractivity contribution >= 4 is 0 Å². The van der Waals surface area contributed by atoms with Crippen LogP contribution in [0.3, 0.4) is 0 Å². The van der Waals surface area contributed by atoms with E-state index in [1.54, 1.807) is 12.1 Å². The first-order chi connectivity index (χ1) is 7.57. The molecule has 1 aromatic rings. The predicted octanol–water partition coefficient (Wildman–Crippen LogP) is 2.88. The number of rotatable bonds is 2. The van der Waals surface area contributed by atoms with Crippen LogP contribution in [0.15, 0.2) is 24.3 Å². The van der Waals surface area contributed by atoms with Gasteiger partial charge >= 0.3 is 0 Å². The van der Waals surface area contributed by atoms with Crippen LogP contribution in [-0.4, -0.2) is 15.8 Å². The Morgan fingerprint density at radius 3 is 2.62 bits per heavy atom. The van der Waals surface area contributed by atoms with Gasteiger partial charge in [-0.15, -0.1) is 0 Å². The maximum Gasteiger partial charge on any atom is 0.115 e. The molecule has 0 aliphatic heterocycles. The van der Waals surface area contributed by atoms with Crippen molar-refractivity contribution in [2.24, 2.45) is 5.92 Å². The van der Waals surface area contributed by atoms with Crippen molar-refractivity contribution in [2.45, 2.75) is 44.6 Å². The van der Waals surface area contributed by atoms with Crippen molar-refractivity contribution < 1.29 is 10.2 Å². The highest BCUT2D eigenvalue weighted by atomic mass is 16.3. The Morgan fingerprint density at radius 2 is 2.00 bits per heavy atom. The summed E-state index contributed by atoms with van der Waals surface area (Å²) in [7, 11) is 0. The molecule has 1 saturated carbocycles. The molecule has 0 saturated heterocycles. The van der Waals surface area contributed by atoms with Crippen molar-refractivity contribution in [2.75, 3.05) is 0 Å². The van der Waals surface area contributed by atoms with E-state index < -0.39 is 5.60 Å². The first-order valence-corrected chi connectivity index (χ1v) is 6.08. The molecule has 1 aromatic carbocycles. The Kier molecular flexibility index (Phi) is 3.20. The zero-order valence-corrected chi connectivity index (χ0v) is 9.82. The minimum absolute atomic E-state index is 0.285. The number of benzene rings is 1. The Hall–Kier alpha value is -1.02. The van der Waals surface area contributed by atoms with Gasteiger partial charge in [0.05, 0.1) is 5.60 Å². The van der Waals surface area contributed by atoms with E-state index in [4.69, 9.17) is 0 Å². The van der Waals surface area contributed by atoms with Gasteiger partial charge in [-0.05, 0) is 36.5 Å². The lowest BCUT2D eigenvalue weighted by molar-refractivity contribution is -0.0123. The molecule has 1 fully saturated rings. The smallest absolute Gasteiger partial charge is 0.115 e. The number of phenols is 1. The van der Waals surface area contributed by atoms with Gasteiger partial charge in [-0.3, -0.25) is 0 Å². The van der Waals surface area contributed by atoms with Crippen LogP contribution in [0.25, 0.3) is 0 Å². The van der Waals surface area contributed by atoms with Crippen LogP contribution in [0.4, 0.5) is 0 Å². The van der Waals surface area contributed by atoms with Crippen LogP contribution in [0.5, 0.6) is 5.75 Å². The lowest BCUT2D eigenvalue weighted by atomic mass is 9.76. The molecule has 0 aromatic heterocycles. The molecule has 1 aliphatic rings. The first-order valence-electron chi connectivity index (χ1n) is 6.08. The number of hydrogen-bond acceptors (Lipinski definition) is 2. The third-order valence-electron chi connectivity index (χ3n) is 3.54. The number of phenolic OH excluding ortho intramolecular Hbond substituents is 1. The highest BCUT2D eigenvalue weighted by Crippen LogP contribution is 2.34. The van der Waals surface area contributed by atoms with E-state index in [9.17, 15) is 10.2 Å². The fourth-order valence-corrected chi connectivity index (χ4v) is 2.79. The summed E-state index contributed by atoms with van der Waals surface area (Å²) in [6.45, 7) is 2.21. The lowest BCUT2D eigenvalue weighted by Crippen LogP contribution is -2.36. The van der Waals surface area contributed by atoms with Crippen molar-refractivity contribution in [1.29, 1.82) is 0 Å². The van der Waals surface area contributed by atoms with Crippen LogP contribution >= 0.6 is 0 Å². The van der Waals surface area contributed by atoms with Crippen LogP contribution in [0.2, 0.25) is 0 Å². The van der Waals surface area contributed by atoms with Crippen molar-refractivity contribution in [3.63, 3.8) is 0 Å². The normalized spacial score (nSPS) is 30.2. The van der Waals surface area contributed by atoms with Gasteiger partial charge in [-0.1, -0.05) is 31.9 Å². The minimum atomic E-state index is -0.533. The average molecular weight is 220 g/mol. The standard InChI is InChI=1S/C14H20O2/c1-11-3-2-8-14(16,9-11)10-12-4-6-13(15)7-5-12/h4-7,11,15-16H,2-3,8-10H2,1H3. The number of aromatic hydroxyl groups is 1. The van der Waals surface area contributed by atoms with E-state index in [0.717, 1.165) is 24.8 Å². The third-order valence-corrected chi connectivity index (χ3v) is 3.54. The predicted molar refractivity (Wildman–Crippen MR) is 64.4 cm³/mol. The Labute approximate surface area is 96.9 Å². The summed E-state index contributed by atoms with van der Waals surface area (Å²) in [6.07, 6.45) is 4.86. The molecule has 1 aliphatic carbocycles. The number of aliphatic hydroxyl groups is 1. The van der Waals surface area contributed by atoms with Gasteiger partial charge in [0.25, 0.3) is 0 Å². The second-order valence-electron chi connectivity index (χ2n) is 5.27. The van der Waals surface area contributed by atoms with Crippen LogP contribution in [0.1, 0.15) is 38.2 Å². The highest BCUT2D eigenvalue weighted by Gasteiger charge is 2.32. The summed E-state index contributed by atoms with van der Waals surface area (Å²) < 4.78 is 0. The molecule has 2 unspecified atom stereocenters. The van der Waals surface area contributed by atoms with Crippen LogP contribution < -0.4 is 0 Å². The number of hydrogen-bond donors (Lipinski definition) is 2. The van der Waals surface area contributed by atoms with Gasteiger partial charge in [0.2, 0.25) is 0 Å². The van der Waals surface area contributed by atoms with Gasteiger partial charge in [-0.25, -0.2) is 0 Å². The fourth-order valence-electron chi connectivity index (χ4n) is 2.79. The van der Waals surface area contributed by atoms with E-state index in [0.29, 0.717) is 12.3 Å². The molecule has 0 amide bonds. The Bertz CT molecular complexity index is 344. The quantitative estimate of drug-likeness (QED) is 0.804. The van der Waals surface area contributed by atoms with E-state index in [1.807, 2.05) is 12.1 Å². The second-order valence-corrected chi connectivity index (χ2v) is 5.27. The van der Waals surface area contributed by atoms with Crippen molar-refractivity contribution in [3.8, 4) is 5.75 Å². The Balaban J connectivity index is 2.05. The van der Waals surface area contributed by atoms with E-state index in [-0.39, 0.29) is 5.75 Å². The summed E-state index contributed by atoms with van der Waals surface area (Å²) in [5.41, 5.74) is 0.573. The summed E-state index contributed by atoms with van der Waals surface area (Å²) in [4.78, 5) is 0. The molecule has 2 N–H and O–H groups in total. The molecule has 0 bridgehead atoms. The summed E-state index contributed by atoms with van der Waals surface area (Å²) >= 11 is 0. The fraction of sp³-hybridized carbons (Fsp3) is 0.571. The molecule has 88 valence electrons. The minimum Gasteiger partial charge on any atom is -0.508 e. The van der Waals surface area contributed by atoms with Gasteiger partial charge in [0.1, 0.15) is 5.75 Å². The Morgan fingerprint density at radius 1 is 1.31 bits per heavy atom. The molecule has 0 radical (unpaired) electrons. The third kappa shape index (κ3) is 2.76. The van der Waals surface area contributed by atoms with Crippen molar-refractivity contribution in [1.82, 2.24) is 0 Å². The molecular weight excluding hydrogens is 200 g/mol. The summed E-state index contributed by atoms with van der Waals surface area (Å²) in [5, 5.41) is 19.7. The van der Waals surface area contributed by atoms with Crippen molar-refractivity contribution in [3.05, 3.63) is 29.8 Å². The van der Waals surface area contributed by atoms with E-state index >= 15 is 0 Å². The summed E-state index contributed by atoms with van der Waals surface area (Å²) in [6, 6.07) is 7.16. The monoisotopic (exact) mass is 220 g/mol. The summed E-state index contributed by atoms with van der Waals surface area (Å²) in [5.74, 6) is 0.906. The largest absolute Gasteiger partial charge is 0.508 e. The van der Waals surface area contributed by atoms with Gasteiger partial charge in [-0.2, -0.15) is 0 Å². The molecule has 0 heterocycles. The average Bonchev–Trinajstić information content (AvgIpc) is 2.21. The molecule has 16 heavy (non-hydrogen) atoms. The van der Waals surface area contributed by atoms with Gasteiger partial charge < -0.3 is 10.2 Å². The second kappa shape index (κ2) is 4.46. The first kappa shape index (κ1) is 11.5. The lowest BCUT2D eigenvalue weighted by Gasteiger charge is -2.35. The van der Waals surface area contributed by atoms with Gasteiger partial charge in [0.15, 0.2) is 0 Å². The van der Waals surface area contributed by atoms with Gasteiger partial charge in [0, 0.05) is 6.42 Å². The maximum absolute atomic E-state index is 10.5. The topological polar surface area (TPSA) is 40.5 Å². The molecule has 2 atom stereocenters. The molecule has 2 heteroatoms. The molecule has 0 spiro atoms. The highest BCUT2D eigenvalue weighted by molar-refractivity contribution is 5.27. The zero-order chi connectivity index (χ0) is 11.6. The molecular formula is C14H20O2. The zero-order valence-electron chi connectivity index (χ0n) is 9.82. The van der Waals surface area contributed by atoms with Crippen LogP contribution in [0, 0.1) is 5.92 Å². The van der Waals surface area contributed by atoms with Crippen LogP contribution in [-0.2, 0) is 6.42 Å². The maximum atomic E-state index is 10.5.